The van der Waals surface area contributed by atoms with E-state index in [2.05, 4.69) is 0 Å². The van der Waals surface area contributed by atoms with E-state index in [1.54, 1.807) is 6.92 Å². The number of halogens is 2. The molecule has 19 heavy (non-hydrogen) atoms. The average molecular weight is 294 g/mol. The molecule has 0 aliphatic heterocycles. The molecule has 0 fully saturated rings. The summed E-state index contributed by atoms with van der Waals surface area (Å²) in [5.41, 5.74) is 4.86. The van der Waals surface area contributed by atoms with E-state index >= 15 is 0 Å². The third kappa shape index (κ3) is 3.40. The first-order valence-corrected chi connectivity index (χ1v) is 7.02. The first-order valence-electron chi connectivity index (χ1n) is 5.58. The third-order valence-electron chi connectivity index (χ3n) is 2.57. The fourth-order valence-corrected chi connectivity index (χ4v) is 3.04. The first kappa shape index (κ1) is 15.8. The summed E-state index contributed by atoms with van der Waals surface area (Å²) >= 11 is 0. The Morgan fingerprint density at radius 1 is 1.32 bits per heavy atom. The standard InChI is InChI=1S/C11H16F2N2O3S/c1-3-15(4-5-18-2)19(16,17)11-7-10(14)8(12)6-9(11)13/h6-7H,3-5,14H2,1-2H3. The van der Waals surface area contributed by atoms with Crippen molar-refractivity contribution in [2.24, 2.45) is 0 Å². The molecule has 1 aromatic rings. The van der Waals surface area contributed by atoms with E-state index in [4.69, 9.17) is 10.5 Å². The zero-order chi connectivity index (χ0) is 14.6. The Morgan fingerprint density at radius 2 is 1.95 bits per heavy atom. The number of hydrogen-bond donors (Lipinski definition) is 1. The number of nitrogens with zero attached hydrogens (tertiary/aromatic N) is 1. The van der Waals surface area contributed by atoms with Crippen LogP contribution in [-0.4, -0.2) is 39.5 Å². The Morgan fingerprint density at radius 3 is 2.47 bits per heavy atom. The van der Waals surface area contributed by atoms with Crippen LogP contribution in [0.25, 0.3) is 0 Å². The molecule has 108 valence electrons. The summed E-state index contributed by atoms with van der Waals surface area (Å²) in [4.78, 5) is -0.635. The number of nitrogens with two attached hydrogens (primary N) is 1. The molecule has 0 aliphatic rings. The molecule has 0 radical (unpaired) electrons. The van der Waals surface area contributed by atoms with Crippen molar-refractivity contribution in [3.63, 3.8) is 0 Å². The summed E-state index contributed by atoms with van der Waals surface area (Å²) in [7, 11) is -2.63. The van der Waals surface area contributed by atoms with Gasteiger partial charge in [-0.2, -0.15) is 4.31 Å². The van der Waals surface area contributed by atoms with E-state index < -0.39 is 32.2 Å². The maximum absolute atomic E-state index is 13.6. The second kappa shape index (κ2) is 6.27. The molecule has 0 atom stereocenters. The quantitative estimate of drug-likeness (QED) is 0.800. The first-order chi connectivity index (χ1) is 8.84. The van der Waals surface area contributed by atoms with Crippen LogP contribution in [0.1, 0.15) is 6.92 Å². The molecule has 0 amide bonds. The number of ether oxygens (including phenoxy) is 1. The highest BCUT2D eigenvalue weighted by Gasteiger charge is 2.27. The van der Waals surface area contributed by atoms with E-state index in [1.165, 1.54) is 7.11 Å². The van der Waals surface area contributed by atoms with Crippen LogP contribution in [0.5, 0.6) is 0 Å². The molecule has 0 aliphatic carbocycles. The number of likely N-dealkylation sites (N-methyl/N-ethyl adjacent to an activating group) is 1. The van der Waals surface area contributed by atoms with E-state index in [-0.39, 0.29) is 19.7 Å². The van der Waals surface area contributed by atoms with Gasteiger partial charge in [0.25, 0.3) is 0 Å². The Labute approximate surface area is 111 Å². The highest BCUT2D eigenvalue weighted by molar-refractivity contribution is 7.89. The molecule has 2 N–H and O–H groups in total. The van der Waals surface area contributed by atoms with Gasteiger partial charge in [-0.3, -0.25) is 0 Å². The molecular formula is C11H16F2N2O3S. The number of hydrogen-bond acceptors (Lipinski definition) is 4. The van der Waals surface area contributed by atoms with E-state index in [0.717, 1.165) is 10.4 Å². The lowest BCUT2D eigenvalue weighted by atomic mass is 10.3. The minimum atomic E-state index is -4.06. The van der Waals surface area contributed by atoms with Crippen LogP contribution in [0.3, 0.4) is 0 Å². The molecular weight excluding hydrogens is 278 g/mol. The molecule has 8 heteroatoms. The number of nitrogen functional groups attached to an aromatic ring is 1. The van der Waals surface area contributed by atoms with Crippen LogP contribution in [-0.2, 0) is 14.8 Å². The van der Waals surface area contributed by atoms with Crippen molar-refractivity contribution in [2.45, 2.75) is 11.8 Å². The van der Waals surface area contributed by atoms with Gasteiger partial charge in [-0.25, -0.2) is 17.2 Å². The monoisotopic (exact) mass is 294 g/mol. The van der Waals surface area contributed by atoms with Crippen LogP contribution in [0.4, 0.5) is 14.5 Å². The number of benzene rings is 1. The summed E-state index contributed by atoms with van der Waals surface area (Å²) in [6.07, 6.45) is 0. The van der Waals surface area contributed by atoms with Gasteiger partial charge in [0, 0.05) is 26.3 Å². The minimum absolute atomic E-state index is 0.0755. The minimum Gasteiger partial charge on any atom is -0.396 e. The maximum atomic E-state index is 13.6. The molecule has 0 saturated carbocycles. The van der Waals surface area contributed by atoms with Gasteiger partial charge < -0.3 is 10.5 Å². The van der Waals surface area contributed by atoms with E-state index in [1.807, 2.05) is 0 Å². The van der Waals surface area contributed by atoms with Gasteiger partial charge >= 0.3 is 0 Å². The largest absolute Gasteiger partial charge is 0.396 e. The van der Waals surface area contributed by atoms with E-state index in [0.29, 0.717) is 6.07 Å². The maximum Gasteiger partial charge on any atom is 0.246 e. The topological polar surface area (TPSA) is 72.6 Å². The number of anilines is 1. The Balaban J connectivity index is 3.22. The fraction of sp³-hybridized carbons (Fsp3) is 0.455. The number of rotatable bonds is 6. The van der Waals surface area contributed by atoms with Crippen molar-refractivity contribution in [2.75, 3.05) is 32.5 Å². The van der Waals surface area contributed by atoms with Crippen LogP contribution < -0.4 is 5.73 Å². The van der Waals surface area contributed by atoms with Gasteiger partial charge in [-0.05, 0) is 6.07 Å². The van der Waals surface area contributed by atoms with Gasteiger partial charge in [0.15, 0.2) is 0 Å². The van der Waals surface area contributed by atoms with Crippen molar-refractivity contribution in [3.8, 4) is 0 Å². The molecule has 0 saturated heterocycles. The predicted molar refractivity (Wildman–Crippen MR) is 67.1 cm³/mol. The number of methoxy groups -OCH3 is 1. The highest BCUT2D eigenvalue weighted by atomic mass is 32.2. The van der Waals surface area contributed by atoms with Crippen LogP contribution in [0, 0.1) is 11.6 Å². The summed E-state index contributed by atoms with van der Waals surface area (Å²) in [6, 6.07) is 1.25. The molecule has 0 heterocycles. The van der Waals surface area contributed by atoms with Crippen molar-refractivity contribution < 1.29 is 21.9 Å². The lowest BCUT2D eigenvalue weighted by Crippen LogP contribution is -2.34. The summed E-state index contributed by atoms with van der Waals surface area (Å²) in [6.45, 7) is 2.00. The molecule has 0 bridgehead atoms. The van der Waals surface area contributed by atoms with Gasteiger partial charge in [0.05, 0.1) is 12.3 Å². The lowest BCUT2D eigenvalue weighted by Gasteiger charge is -2.20. The van der Waals surface area contributed by atoms with Crippen LogP contribution >= 0.6 is 0 Å². The summed E-state index contributed by atoms with van der Waals surface area (Å²) in [5.74, 6) is -2.15. The van der Waals surface area contributed by atoms with E-state index in [9.17, 15) is 17.2 Å². The van der Waals surface area contributed by atoms with Crippen molar-refractivity contribution >= 4 is 15.7 Å². The SMILES string of the molecule is CCN(CCOC)S(=O)(=O)c1cc(N)c(F)cc1F. The van der Waals surface area contributed by atoms with Gasteiger partial charge in [0.2, 0.25) is 10.0 Å². The summed E-state index contributed by atoms with van der Waals surface area (Å²) in [5, 5.41) is 0. The fourth-order valence-electron chi connectivity index (χ4n) is 1.52. The second-order valence-electron chi connectivity index (χ2n) is 3.79. The zero-order valence-electron chi connectivity index (χ0n) is 10.7. The van der Waals surface area contributed by atoms with Gasteiger partial charge in [-0.15, -0.1) is 0 Å². The smallest absolute Gasteiger partial charge is 0.246 e. The molecule has 5 nitrogen and oxygen atoms in total. The Hall–Kier alpha value is -1.25. The summed E-state index contributed by atoms with van der Waals surface area (Å²) < 4.78 is 56.9. The number of sulfonamides is 1. The van der Waals surface area contributed by atoms with Crippen LogP contribution in [0.15, 0.2) is 17.0 Å². The molecule has 0 unspecified atom stereocenters. The Kier molecular flexibility index (Phi) is 5.21. The molecule has 0 aromatic heterocycles. The van der Waals surface area contributed by atoms with Gasteiger partial charge in [0.1, 0.15) is 16.5 Å². The molecule has 0 spiro atoms. The molecule has 1 aromatic carbocycles. The normalized spacial score (nSPS) is 12.1. The Bertz CT molecular complexity index is 549. The predicted octanol–water partition coefficient (Wildman–Crippen LogP) is 1.20. The van der Waals surface area contributed by atoms with Crippen LogP contribution in [0.2, 0.25) is 0 Å². The average Bonchev–Trinajstić information content (AvgIpc) is 2.34. The van der Waals surface area contributed by atoms with Gasteiger partial charge in [-0.1, -0.05) is 6.92 Å². The molecule has 1 rings (SSSR count). The zero-order valence-corrected chi connectivity index (χ0v) is 11.5. The third-order valence-corrected chi connectivity index (χ3v) is 4.56. The second-order valence-corrected chi connectivity index (χ2v) is 5.70. The lowest BCUT2D eigenvalue weighted by molar-refractivity contribution is 0.180. The highest BCUT2D eigenvalue weighted by Crippen LogP contribution is 2.23. The van der Waals surface area contributed by atoms with Crippen molar-refractivity contribution in [1.82, 2.24) is 4.31 Å². The van der Waals surface area contributed by atoms with Crippen molar-refractivity contribution in [3.05, 3.63) is 23.8 Å². The van der Waals surface area contributed by atoms with Crippen molar-refractivity contribution in [1.29, 1.82) is 0 Å².